The minimum absolute atomic E-state index is 0.0622. The summed E-state index contributed by atoms with van der Waals surface area (Å²) in [6.07, 6.45) is 0.296. The normalized spacial score (nSPS) is 10.4. The van der Waals surface area contributed by atoms with Crippen LogP contribution >= 0.6 is 11.3 Å². The van der Waals surface area contributed by atoms with Crippen LogP contribution in [-0.2, 0) is 6.42 Å². The van der Waals surface area contributed by atoms with Gasteiger partial charge in [0.2, 0.25) is 0 Å². The van der Waals surface area contributed by atoms with E-state index in [-0.39, 0.29) is 11.2 Å². The van der Waals surface area contributed by atoms with Gasteiger partial charge in [-0.25, -0.2) is 0 Å². The lowest BCUT2D eigenvalue weighted by Gasteiger charge is -2.12. The van der Waals surface area contributed by atoms with Crippen molar-refractivity contribution in [3.8, 4) is 11.5 Å². The molecule has 0 saturated carbocycles. The van der Waals surface area contributed by atoms with Crippen molar-refractivity contribution in [2.75, 3.05) is 14.2 Å². The van der Waals surface area contributed by atoms with Crippen LogP contribution in [0.4, 0.5) is 0 Å². The highest BCUT2D eigenvalue weighted by Crippen LogP contribution is 2.31. The van der Waals surface area contributed by atoms with Crippen LogP contribution in [-0.4, -0.2) is 20.0 Å². The van der Waals surface area contributed by atoms with Gasteiger partial charge in [0.25, 0.3) is 0 Å². The summed E-state index contributed by atoms with van der Waals surface area (Å²) in [5.41, 5.74) is 1.67. The summed E-state index contributed by atoms with van der Waals surface area (Å²) in [6, 6.07) is 30.3. The van der Waals surface area contributed by atoms with Gasteiger partial charge in [-0.3, -0.25) is 9.59 Å². The third-order valence-corrected chi connectivity index (χ3v) is 6.57. The van der Waals surface area contributed by atoms with Gasteiger partial charge in [0.05, 0.1) is 14.2 Å². The van der Waals surface area contributed by atoms with Crippen LogP contribution in [0.3, 0.4) is 0 Å². The fourth-order valence-electron chi connectivity index (χ4n) is 3.74. The van der Waals surface area contributed by atoms with E-state index in [0.29, 0.717) is 23.5 Å². The van der Waals surface area contributed by atoms with Gasteiger partial charge in [-0.15, -0.1) is 11.3 Å². The first-order chi connectivity index (χ1) is 16.6. The van der Waals surface area contributed by atoms with E-state index in [1.807, 2.05) is 97.1 Å². The molecule has 0 unspecified atom stereocenters. The molecule has 0 amide bonds. The smallest absolute Gasteiger partial charge is 0.195 e. The summed E-state index contributed by atoms with van der Waals surface area (Å²) in [6.45, 7) is 0. The van der Waals surface area contributed by atoms with Gasteiger partial charge in [0.15, 0.2) is 22.7 Å². The number of methoxy groups -OCH3 is 2. The Morgan fingerprint density at radius 1 is 0.706 bits per heavy atom. The SMILES string of the molecule is COc1cccc(CC(=O)c2ccccc2)c1OC.O=c1c2ccccc2sc2ccccc12. The molecule has 170 valence electrons. The zero-order valence-corrected chi connectivity index (χ0v) is 19.8. The fraction of sp³-hybridized carbons (Fsp3) is 0.103. The average Bonchev–Trinajstić information content (AvgIpc) is 2.89. The summed E-state index contributed by atoms with van der Waals surface area (Å²) in [7, 11) is 3.16. The van der Waals surface area contributed by atoms with E-state index in [0.717, 1.165) is 25.7 Å². The first kappa shape index (κ1) is 23.2. The second-order valence-electron chi connectivity index (χ2n) is 7.54. The summed E-state index contributed by atoms with van der Waals surface area (Å²) in [5.74, 6) is 1.32. The molecule has 5 rings (SSSR count). The molecular weight excluding hydrogens is 444 g/mol. The average molecular weight is 469 g/mol. The molecule has 0 radical (unpaired) electrons. The number of rotatable bonds is 5. The lowest BCUT2D eigenvalue weighted by molar-refractivity contribution is 0.0992. The molecule has 4 nitrogen and oxygen atoms in total. The Kier molecular flexibility index (Phi) is 7.35. The second-order valence-corrected chi connectivity index (χ2v) is 8.63. The second kappa shape index (κ2) is 10.8. The summed E-state index contributed by atoms with van der Waals surface area (Å²) in [5, 5.41) is 1.64. The van der Waals surface area contributed by atoms with Crippen LogP contribution in [0.5, 0.6) is 11.5 Å². The third kappa shape index (κ3) is 5.00. The highest BCUT2D eigenvalue weighted by molar-refractivity contribution is 7.24. The molecule has 0 aliphatic rings. The van der Waals surface area contributed by atoms with E-state index in [1.165, 1.54) is 0 Å². The Bertz CT molecular complexity index is 1430. The summed E-state index contributed by atoms with van der Waals surface area (Å²) in [4.78, 5) is 24.3. The minimum atomic E-state index is 0.0622. The Labute approximate surface area is 202 Å². The van der Waals surface area contributed by atoms with Gasteiger partial charge in [0.1, 0.15) is 0 Å². The van der Waals surface area contributed by atoms with Gasteiger partial charge < -0.3 is 9.47 Å². The molecule has 1 heterocycles. The number of ketones is 1. The Hall–Kier alpha value is -3.96. The van der Waals surface area contributed by atoms with Crippen molar-refractivity contribution in [1.82, 2.24) is 0 Å². The van der Waals surface area contributed by atoms with E-state index in [1.54, 1.807) is 25.6 Å². The number of hydrogen-bond acceptors (Lipinski definition) is 5. The standard InChI is InChI=1S/C16H16O3.C13H8OS/c1-18-15-10-6-9-13(16(15)19-2)11-14(17)12-7-4-3-5-8-12;14-13-9-5-1-3-7-11(9)15-12-8-4-2-6-10(12)13/h3-10H,11H2,1-2H3;1-8H. The fourth-order valence-corrected chi connectivity index (χ4v) is 4.81. The van der Waals surface area contributed by atoms with Crippen molar-refractivity contribution >= 4 is 37.3 Å². The molecule has 0 atom stereocenters. The van der Waals surface area contributed by atoms with Crippen molar-refractivity contribution in [2.24, 2.45) is 0 Å². The number of hydrogen-bond donors (Lipinski definition) is 0. The molecule has 0 saturated heterocycles. The Balaban J connectivity index is 0.000000165. The van der Waals surface area contributed by atoms with Crippen molar-refractivity contribution < 1.29 is 14.3 Å². The van der Waals surface area contributed by atoms with E-state index in [2.05, 4.69) is 0 Å². The van der Waals surface area contributed by atoms with Gasteiger partial charge >= 0.3 is 0 Å². The van der Waals surface area contributed by atoms with Crippen LogP contribution in [0.2, 0.25) is 0 Å². The first-order valence-electron chi connectivity index (χ1n) is 10.8. The predicted octanol–water partition coefficient (Wildman–Crippen LogP) is 6.54. The number of carbonyl (C=O) groups is 1. The van der Waals surface area contributed by atoms with Crippen molar-refractivity contribution in [1.29, 1.82) is 0 Å². The van der Waals surface area contributed by atoms with E-state index in [4.69, 9.17) is 9.47 Å². The molecule has 4 aromatic carbocycles. The Morgan fingerprint density at radius 3 is 1.88 bits per heavy atom. The molecule has 0 bridgehead atoms. The van der Waals surface area contributed by atoms with Crippen LogP contribution in [0.1, 0.15) is 15.9 Å². The molecular formula is C29H24O4S. The molecule has 5 heteroatoms. The maximum absolute atomic E-state index is 12.2. The molecule has 1 aromatic heterocycles. The van der Waals surface area contributed by atoms with Crippen LogP contribution in [0.25, 0.3) is 20.2 Å². The van der Waals surface area contributed by atoms with Crippen LogP contribution in [0.15, 0.2) is 102 Å². The molecule has 5 aromatic rings. The molecule has 0 spiro atoms. The largest absolute Gasteiger partial charge is 0.493 e. The van der Waals surface area contributed by atoms with Crippen LogP contribution in [0, 0.1) is 0 Å². The highest BCUT2D eigenvalue weighted by Gasteiger charge is 2.14. The zero-order valence-electron chi connectivity index (χ0n) is 19.0. The number of Topliss-reactive ketones (excluding diaryl/α,β-unsaturated/α-hetero) is 1. The summed E-state index contributed by atoms with van der Waals surface area (Å²) < 4.78 is 12.7. The summed E-state index contributed by atoms with van der Waals surface area (Å²) >= 11 is 1.67. The van der Waals surface area contributed by atoms with E-state index < -0.39 is 0 Å². The Morgan fingerprint density at radius 2 is 1.29 bits per heavy atom. The van der Waals surface area contributed by atoms with Crippen LogP contribution < -0.4 is 14.9 Å². The number of benzene rings is 4. The van der Waals surface area contributed by atoms with Gasteiger partial charge in [0, 0.05) is 37.7 Å². The van der Waals surface area contributed by atoms with Crippen molar-refractivity contribution in [2.45, 2.75) is 6.42 Å². The number of carbonyl (C=O) groups excluding carboxylic acids is 1. The highest BCUT2D eigenvalue weighted by atomic mass is 32.1. The maximum Gasteiger partial charge on any atom is 0.195 e. The lowest BCUT2D eigenvalue weighted by Crippen LogP contribution is -2.05. The minimum Gasteiger partial charge on any atom is -0.493 e. The van der Waals surface area contributed by atoms with Gasteiger partial charge in [-0.05, 0) is 30.3 Å². The molecule has 0 aliphatic heterocycles. The molecule has 0 aliphatic carbocycles. The molecule has 0 N–H and O–H groups in total. The number of para-hydroxylation sites is 1. The lowest BCUT2D eigenvalue weighted by atomic mass is 10.0. The number of ether oxygens (including phenoxy) is 2. The topological polar surface area (TPSA) is 52.6 Å². The van der Waals surface area contributed by atoms with E-state index >= 15 is 0 Å². The molecule has 0 fully saturated rings. The zero-order chi connectivity index (χ0) is 23.9. The third-order valence-electron chi connectivity index (χ3n) is 5.41. The monoisotopic (exact) mass is 468 g/mol. The van der Waals surface area contributed by atoms with E-state index in [9.17, 15) is 9.59 Å². The number of fused-ring (bicyclic) bond motifs is 2. The van der Waals surface area contributed by atoms with Crippen molar-refractivity contribution in [3.63, 3.8) is 0 Å². The first-order valence-corrected chi connectivity index (χ1v) is 11.6. The molecule has 34 heavy (non-hydrogen) atoms. The quantitative estimate of drug-likeness (QED) is 0.217. The van der Waals surface area contributed by atoms with Gasteiger partial charge in [-0.2, -0.15) is 0 Å². The predicted molar refractivity (Wildman–Crippen MR) is 140 cm³/mol. The van der Waals surface area contributed by atoms with Crippen molar-refractivity contribution in [3.05, 3.63) is 118 Å². The maximum atomic E-state index is 12.2. The van der Waals surface area contributed by atoms with Gasteiger partial charge in [-0.1, -0.05) is 66.7 Å².